The average Bonchev–Trinajstić information content (AvgIpc) is 2.59. The van der Waals surface area contributed by atoms with Gasteiger partial charge in [-0.25, -0.2) is 0 Å². The standard InChI is InChI=1S/C16H12N2O8S2.2Na/c19-13-3-1-2-11-14(28(24,25)26)8-12(16(20)15(11)13)18-17-9-4-6-10(7-5-9)27(21,22)23;;/h1-8,19-20H,(H,21,22,23)(H,24,25,26);;/q;2*+1/p-2. The first kappa shape index (κ1) is 27.0. The maximum atomic E-state index is 12.5. The van der Waals surface area contributed by atoms with Crippen LogP contribution in [-0.2, 0) is 20.2 Å². The van der Waals surface area contributed by atoms with E-state index in [1.54, 1.807) is 0 Å². The van der Waals surface area contributed by atoms with E-state index in [-0.39, 0.29) is 75.1 Å². The Morgan fingerprint density at radius 2 is 1.40 bits per heavy atom. The van der Waals surface area contributed by atoms with Gasteiger partial charge in [0.05, 0.1) is 16.3 Å². The monoisotopic (exact) mass is 468 g/mol. The zero-order valence-electron chi connectivity index (χ0n) is 15.7. The maximum Gasteiger partial charge on any atom is 1.00 e. The van der Waals surface area contributed by atoms with Crippen molar-refractivity contribution in [1.29, 1.82) is 0 Å². The first-order chi connectivity index (χ1) is 13.0. The summed E-state index contributed by atoms with van der Waals surface area (Å²) >= 11 is 0. The number of fused-ring (bicyclic) bond motifs is 1. The minimum absolute atomic E-state index is 0. The third-order valence-electron chi connectivity index (χ3n) is 3.70. The van der Waals surface area contributed by atoms with Gasteiger partial charge in [0.1, 0.15) is 4.90 Å². The molecule has 0 bridgehead atoms. The van der Waals surface area contributed by atoms with Crippen molar-refractivity contribution in [3.8, 4) is 11.5 Å². The molecule has 3 rings (SSSR count). The second-order valence-electron chi connectivity index (χ2n) is 5.55. The molecule has 0 saturated heterocycles. The molecule has 10 nitrogen and oxygen atoms in total. The van der Waals surface area contributed by atoms with Crippen LogP contribution < -0.4 is 69.3 Å². The molecule has 14 heteroatoms. The second-order valence-corrected chi connectivity index (χ2v) is 8.36. The molecule has 0 aromatic heterocycles. The Morgan fingerprint density at radius 3 is 1.93 bits per heavy atom. The van der Waals surface area contributed by atoms with Gasteiger partial charge in [-0.05, 0) is 35.7 Å². The Bertz CT molecular complexity index is 1330. The Morgan fingerprint density at radius 1 is 0.800 bits per heavy atom. The van der Waals surface area contributed by atoms with Crippen LogP contribution in [0, 0.1) is 0 Å². The van der Waals surface area contributed by atoms with E-state index in [0.717, 1.165) is 24.3 Å². The first-order valence-electron chi connectivity index (χ1n) is 7.39. The summed E-state index contributed by atoms with van der Waals surface area (Å²) in [6.07, 6.45) is 0. The molecule has 0 fully saturated rings. The van der Waals surface area contributed by atoms with Gasteiger partial charge in [0.25, 0.3) is 20.2 Å². The number of benzene rings is 3. The van der Waals surface area contributed by atoms with Crippen LogP contribution in [0.3, 0.4) is 0 Å². The second kappa shape index (κ2) is 10.0. The largest absolute Gasteiger partial charge is 1.00 e. The van der Waals surface area contributed by atoms with Gasteiger partial charge >= 0.3 is 59.1 Å². The van der Waals surface area contributed by atoms with Crippen molar-refractivity contribution in [3.05, 3.63) is 48.5 Å². The van der Waals surface area contributed by atoms with E-state index in [2.05, 4.69) is 10.2 Å². The van der Waals surface area contributed by atoms with Gasteiger partial charge in [0.2, 0.25) is 0 Å². The predicted molar refractivity (Wildman–Crippen MR) is 93.1 cm³/mol. The summed E-state index contributed by atoms with van der Waals surface area (Å²) in [7, 11) is -9.16. The van der Waals surface area contributed by atoms with Gasteiger partial charge in [-0.15, -0.1) is 5.75 Å². The van der Waals surface area contributed by atoms with Crippen molar-refractivity contribution in [1.82, 2.24) is 0 Å². The maximum absolute atomic E-state index is 12.5. The average molecular weight is 468 g/mol. The van der Waals surface area contributed by atoms with E-state index >= 15 is 0 Å². The molecular formula is C16H10N2Na2O8S2. The number of rotatable bonds is 4. The number of hydrogen-bond acceptors (Lipinski definition) is 8. The van der Waals surface area contributed by atoms with Crippen molar-refractivity contribution in [2.45, 2.75) is 9.79 Å². The molecule has 0 amide bonds. The van der Waals surface area contributed by atoms with Gasteiger partial charge in [-0.2, -0.15) is 27.1 Å². The van der Waals surface area contributed by atoms with Gasteiger partial charge in [-0.1, -0.05) is 23.9 Å². The van der Waals surface area contributed by atoms with E-state index in [1.807, 2.05) is 0 Å². The molecule has 0 radical (unpaired) electrons. The summed E-state index contributed by atoms with van der Waals surface area (Å²) in [5.74, 6) is -1.63. The minimum Gasteiger partial charge on any atom is -0.872 e. The fourth-order valence-electron chi connectivity index (χ4n) is 2.45. The molecule has 0 spiro atoms. The predicted octanol–water partition coefficient (Wildman–Crippen LogP) is -4.10. The Labute approximate surface area is 215 Å². The van der Waals surface area contributed by atoms with Crippen LogP contribution in [0.4, 0.5) is 11.4 Å². The quantitative estimate of drug-likeness (QED) is 0.220. The number of hydrogen-bond donors (Lipinski definition) is 2. The summed E-state index contributed by atoms with van der Waals surface area (Å²) in [6.45, 7) is 0. The fourth-order valence-corrected chi connectivity index (χ4v) is 3.64. The van der Waals surface area contributed by atoms with E-state index < -0.39 is 47.7 Å². The molecule has 146 valence electrons. The van der Waals surface area contributed by atoms with Crippen LogP contribution in [0.25, 0.3) is 10.8 Å². The molecule has 0 aliphatic carbocycles. The van der Waals surface area contributed by atoms with Crippen molar-refractivity contribution in [2.75, 3.05) is 0 Å². The molecular weight excluding hydrogens is 458 g/mol. The minimum atomic E-state index is -4.76. The SMILES string of the molecule is O=S(=O)(O)c1ccc(N=Nc2cc(S(=O)(=O)O)c3cccc([O-])c3c2[O-])cc1.[Na+].[Na+]. The van der Waals surface area contributed by atoms with Crippen molar-refractivity contribution < 1.29 is 95.3 Å². The number of nitrogens with zero attached hydrogens (tertiary/aromatic N) is 2. The summed E-state index contributed by atoms with van der Waals surface area (Å²) in [4.78, 5) is -1.05. The fraction of sp³-hybridized carbons (Fsp3) is 0. The molecule has 0 saturated carbocycles. The molecule has 30 heavy (non-hydrogen) atoms. The Hall–Kier alpha value is -1.06. The number of azo groups is 1. The molecule has 3 aromatic carbocycles. The third-order valence-corrected chi connectivity index (χ3v) is 5.47. The van der Waals surface area contributed by atoms with Crippen LogP contribution >= 0.6 is 0 Å². The summed E-state index contributed by atoms with van der Waals surface area (Å²) in [6, 6.07) is 8.75. The third kappa shape index (κ3) is 5.79. The molecule has 0 heterocycles. The normalized spacial score (nSPS) is 11.8. The van der Waals surface area contributed by atoms with Crippen molar-refractivity contribution in [2.24, 2.45) is 10.2 Å². The van der Waals surface area contributed by atoms with Crippen LogP contribution in [0.2, 0.25) is 0 Å². The first-order valence-corrected chi connectivity index (χ1v) is 10.3. The zero-order valence-corrected chi connectivity index (χ0v) is 21.3. The molecule has 0 atom stereocenters. The topological polar surface area (TPSA) is 180 Å². The van der Waals surface area contributed by atoms with Crippen LogP contribution in [0.1, 0.15) is 0 Å². The summed E-state index contributed by atoms with van der Waals surface area (Å²) < 4.78 is 63.6. The summed E-state index contributed by atoms with van der Waals surface area (Å²) in [5.41, 5.74) is -0.432. The molecule has 0 aliphatic rings. The van der Waals surface area contributed by atoms with E-state index in [0.29, 0.717) is 0 Å². The van der Waals surface area contributed by atoms with Crippen molar-refractivity contribution >= 4 is 42.4 Å². The summed E-state index contributed by atoms with van der Waals surface area (Å²) in [5, 5.41) is 31.1. The van der Waals surface area contributed by atoms with Gasteiger partial charge in [0, 0.05) is 5.39 Å². The molecule has 2 N–H and O–H groups in total. The van der Waals surface area contributed by atoms with Crippen LogP contribution in [-0.4, -0.2) is 25.9 Å². The van der Waals surface area contributed by atoms with E-state index in [9.17, 15) is 31.6 Å². The molecule has 3 aromatic rings. The molecule has 0 aliphatic heterocycles. The van der Waals surface area contributed by atoms with Crippen LogP contribution in [0.5, 0.6) is 11.5 Å². The Kier molecular flexibility index (Phi) is 9.03. The van der Waals surface area contributed by atoms with Gasteiger partial charge in [0.15, 0.2) is 0 Å². The van der Waals surface area contributed by atoms with Crippen molar-refractivity contribution in [3.63, 3.8) is 0 Å². The van der Waals surface area contributed by atoms with Gasteiger partial charge < -0.3 is 10.2 Å². The van der Waals surface area contributed by atoms with E-state index in [1.165, 1.54) is 24.3 Å². The smallest absolute Gasteiger partial charge is 0.872 e. The van der Waals surface area contributed by atoms with Crippen LogP contribution in [0.15, 0.2) is 68.6 Å². The molecule has 0 unspecified atom stereocenters. The Balaban J connectivity index is 0.00000225. The van der Waals surface area contributed by atoms with Gasteiger partial charge in [-0.3, -0.25) is 9.11 Å². The van der Waals surface area contributed by atoms with E-state index in [4.69, 9.17) is 4.55 Å². The zero-order chi connectivity index (χ0) is 20.7.